The fourth-order valence-corrected chi connectivity index (χ4v) is 3.19. The Bertz CT molecular complexity index is 748. The summed E-state index contributed by atoms with van der Waals surface area (Å²) < 4.78 is 10.2. The maximum absolute atomic E-state index is 12.4. The summed E-state index contributed by atoms with van der Waals surface area (Å²) in [4.78, 5) is 44.5. The Labute approximate surface area is 168 Å². The van der Waals surface area contributed by atoms with Crippen molar-refractivity contribution in [2.45, 2.75) is 38.8 Å². The Balaban J connectivity index is 1.95. The van der Waals surface area contributed by atoms with Gasteiger partial charge in [0.15, 0.2) is 11.0 Å². The van der Waals surface area contributed by atoms with Crippen LogP contribution in [0, 0.1) is 0 Å². The van der Waals surface area contributed by atoms with Crippen LogP contribution in [0.15, 0.2) is 12.2 Å². The van der Waals surface area contributed by atoms with E-state index in [-0.39, 0.29) is 42.0 Å². The van der Waals surface area contributed by atoms with Crippen LogP contribution in [-0.2, 0) is 25.5 Å². The highest BCUT2D eigenvalue weighted by Crippen LogP contribution is 2.17. The van der Waals surface area contributed by atoms with Crippen LogP contribution >= 0.6 is 11.6 Å². The molecule has 0 aromatic carbocycles. The summed E-state index contributed by atoms with van der Waals surface area (Å²) >= 11 is 5.98. The monoisotopic (exact) mass is 412 g/mol. The molecule has 2 rings (SSSR count). The number of halogens is 1. The third-order valence-corrected chi connectivity index (χ3v) is 4.75. The van der Waals surface area contributed by atoms with Gasteiger partial charge in [-0.25, -0.2) is 9.78 Å². The van der Waals surface area contributed by atoms with Gasteiger partial charge in [-0.3, -0.25) is 9.59 Å². The molecule has 1 aliphatic rings. The van der Waals surface area contributed by atoms with Crippen LogP contribution < -0.4 is 5.32 Å². The van der Waals surface area contributed by atoms with Crippen molar-refractivity contribution in [2.75, 3.05) is 26.8 Å². The third-order valence-electron chi connectivity index (χ3n) is 4.44. The first-order chi connectivity index (χ1) is 13.4. The van der Waals surface area contributed by atoms with E-state index in [1.54, 1.807) is 11.8 Å². The molecule has 1 fully saturated rings. The predicted octanol–water partition coefficient (Wildman–Crippen LogP) is 1.09. The molecule has 0 unspecified atom stereocenters. The van der Waals surface area contributed by atoms with Gasteiger partial charge in [-0.05, 0) is 19.8 Å². The van der Waals surface area contributed by atoms with E-state index in [4.69, 9.17) is 21.1 Å². The van der Waals surface area contributed by atoms with Crippen LogP contribution in [0.2, 0.25) is 5.15 Å². The molecule has 1 aliphatic heterocycles. The number of aromatic amines is 1. The molecule has 0 spiro atoms. The second-order valence-corrected chi connectivity index (χ2v) is 6.58. The molecule has 2 atom stereocenters. The third kappa shape index (κ3) is 5.56. The summed E-state index contributed by atoms with van der Waals surface area (Å²) in [6.07, 6.45) is 3.03. The van der Waals surface area contributed by atoms with E-state index in [1.807, 2.05) is 6.92 Å². The van der Waals surface area contributed by atoms with E-state index in [1.165, 1.54) is 13.2 Å². The van der Waals surface area contributed by atoms with E-state index >= 15 is 0 Å². The Kier molecular flexibility index (Phi) is 8.01. The summed E-state index contributed by atoms with van der Waals surface area (Å²) in [7, 11) is 1.52. The van der Waals surface area contributed by atoms with Gasteiger partial charge >= 0.3 is 5.97 Å². The van der Waals surface area contributed by atoms with Gasteiger partial charge in [0.25, 0.3) is 5.91 Å². The Morgan fingerprint density at radius 2 is 2.11 bits per heavy atom. The topological polar surface area (TPSA) is 114 Å². The molecule has 1 saturated heterocycles. The van der Waals surface area contributed by atoms with E-state index in [2.05, 4.69) is 15.3 Å². The Morgan fingerprint density at radius 3 is 2.71 bits per heavy atom. The number of aromatic nitrogens is 2. The van der Waals surface area contributed by atoms with Gasteiger partial charge in [0.1, 0.15) is 0 Å². The van der Waals surface area contributed by atoms with Crippen LogP contribution in [0.25, 0.3) is 0 Å². The fourth-order valence-electron chi connectivity index (χ4n) is 2.92. The molecule has 2 N–H and O–H groups in total. The van der Waals surface area contributed by atoms with Gasteiger partial charge in [-0.15, -0.1) is 0 Å². The zero-order valence-corrected chi connectivity index (χ0v) is 16.9. The summed E-state index contributed by atoms with van der Waals surface area (Å²) in [5, 5.41) is 3.16. The molecule has 2 amide bonds. The maximum atomic E-state index is 12.4. The van der Waals surface area contributed by atoms with Crippen LogP contribution in [0.3, 0.4) is 0 Å². The SMILES string of the molecule is CCOC(=O)/C=C/C(=O)N1CC[C@H](NC(=O)c2nc(Cl)c(CC)[nH]2)[C@H](OC)C1. The minimum Gasteiger partial charge on any atom is -0.463 e. The van der Waals surface area contributed by atoms with Crippen LogP contribution in [-0.4, -0.2) is 71.6 Å². The summed E-state index contributed by atoms with van der Waals surface area (Å²) in [5.74, 6) is -1.11. The largest absolute Gasteiger partial charge is 0.463 e. The van der Waals surface area contributed by atoms with E-state index in [0.29, 0.717) is 25.1 Å². The summed E-state index contributed by atoms with van der Waals surface area (Å²) in [6, 6.07) is -0.287. The van der Waals surface area contributed by atoms with E-state index in [0.717, 1.165) is 6.08 Å². The molecule has 10 heteroatoms. The van der Waals surface area contributed by atoms with Crippen molar-refractivity contribution < 1.29 is 23.9 Å². The first-order valence-electron chi connectivity index (χ1n) is 9.11. The van der Waals surface area contributed by atoms with Gasteiger partial charge in [-0.2, -0.15) is 0 Å². The number of rotatable bonds is 7. The Morgan fingerprint density at radius 1 is 1.36 bits per heavy atom. The first-order valence-corrected chi connectivity index (χ1v) is 9.49. The minimum atomic E-state index is -0.565. The lowest BCUT2D eigenvalue weighted by atomic mass is 10.0. The molecular formula is C18H25ClN4O5. The van der Waals surface area contributed by atoms with Crippen molar-refractivity contribution in [3.63, 3.8) is 0 Å². The molecule has 1 aromatic rings. The number of carbonyl (C=O) groups is 3. The zero-order chi connectivity index (χ0) is 20.7. The van der Waals surface area contributed by atoms with Gasteiger partial charge in [0.2, 0.25) is 5.91 Å². The van der Waals surface area contributed by atoms with Crippen molar-refractivity contribution in [2.24, 2.45) is 0 Å². The smallest absolute Gasteiger partial charge is 0.330 e. The molecular weight excluding hydrogens is 388 g/mol. The number of carbonyl (C=O) groups excluding carboxylic acids is 3. The normalized spacial score (nSPS) is 19.6. The lowest BCUT2D eigenvalue weighted by molar-refractivity contribution is -0.138. The second kappa shape index (κ2) is 10.2. The molecule has 9 nitrogen and oxygen atoms in total. The molecule has 28 heavy (non-hydrogen) atoms. The van der Waals surface area contributed by atoms with Crippen LogP contribution in [0.1, 0.15) is 36.6 Å². The highest BCUT2D eigenvalue weighted by Gasteiger charge is 2.32. The molecule has 1 aromatic heterocycles. The van der Waals surface area contributed by atoms with E-state index < -0.39 is 12.1 Å². The highest BCUT2D eigenvalue weighted by atomic mass is 35.5. The average Bonchev–Trinajstić information content (AvgIpc) is 3.07. The number of H-pyrrole nitrogens is 1. The predicted molar refractivity (Wildman–Crippen MR) is 102 cm³/mol. The average molecular weight is 413 g/mol. The number of hydrogen-bond acceptors (Lipinski definition) is 6. The van der Waals surface area contributed by atoms with Crippen molar-refractivity contribution in [3.8, 4) is 0 Å². The lowest BCUT2D eigenvalue weighted by Crippen LogP contribution is -2.55. The minimum absolute atomic E-state index is 0.146. The number of piperidine rings is 1. The number of ether oxygens (including phenoxy) is 2. The molecule has 2 heterocycles. The number of aryl methyl sites for hydroxylation is 1. The first kappa shape index (κ1) is 21.9. The van der Waals surface area contributed by atoms with Crippen LogP contribution in [0.4, 0.5) is 0 Å². The maximum Gasteiger partial charge on any atom is 0.330 e. The summed E-state index contributed by atoms with van der Waals surface area (Å²) in [5.41, 5.74) is 0.698. The van der Waals surface area contributed by atoms with Crippen molar-refractivity contribution in [1.29, 1.82) is 0 Å². The van der Waals surface area contributed by atoms with Gasteiger partial charge in [-0.1, -0.05) is 18.5 Å². The quantitative estimate of drug-likeness (QED) is 0.512. The second-order valence-electron chi connectivity index (χ2n) is 6.22. The van der Waals surface area contributed by atoms with Crippen LogP contribution in [0.5, 0.6) is 0 Å². The van der Waals surface area contributed by atoms with Crippen molar-refractivity contribution in [1.82, 2.24) is 20.2 Å². The highest BCUT2D eigenvalue weighted by molar-refractivity contribution is 6.30. The standard InChI is InChI=1S/C18H25ClN4O5/c1-4-11-16(19)22-17(20-11)18(26)21-12-8-9-23(10-13(12)27-3)14(24)6-7-15(25)28-5-2/h6-7,12-13H,4-5,8-10H2,1-3H3,(H,20,22)(H,21,26)/b7-6+/t12-,13+/m0/s1. The number of amides is 2. The fraction of sp³-hybridized carbons (Fsp3) is 0.556. The van der Waals surface area contributed by atoms with Gasteiger partial charge < -0.3 is 24.7 Å². The Hall–Kier alpha value is -2.39. The van der Waals surface area contributed by atoms with Crippen molar-refractivity contribution >= 4 is 29.4 Å². The summed E-state index contributed by atoms with van der Waals surface area (Å²) in [6.45, 7) is 4.54. The number of nitrogens with one attached hydrogen (secondary N) is 2. The molecule has 0 saturated carbocycles. The zero-order valence-electron chi connectivity index (χ0n) is 16.2. The molecule has 0 aliphatic carbocycles. The molecule has 0 bridgehead atoms. The van der Waals surface area contributed by atoms with Crippen molar-refractivity contribution in [3.05, 3.63) is 28.8 Å². The number of methoxy groups -OCH3 is 1. The van der Waals surface area contributed by atoms with Gasteiger partial charge in [0, 0.05) is 32.4 Å². The number of likely N-dealkylation sites (tertiary alicyclic amines) is 1. The number of esters is 1. The number of imidazole rings is 1. The van der Waals surface area contributed by atoms with Gasteiger partial charge in [0.05, 0.1) is 24.4 Å². The number of nitrogens with zero attached hydrogens (tertiary/aromatic N) is 2. The molecule has 154 valence electrons. The lowest BCUT2D eigenvalue weighted by Gasteiger charge is -2.37. The van der Waals surface area contributed by atoms with E-state index in [9.17, 15) is 14.4 Å². The number of hydrogen-bond donors (Lipinski definition) is 2. The molecule has 0 radical (unpaired) electrons.